The van der Waals surface area contributed by atoms with Crippen LogP contribution in [0.25, 0.3) is 6.08 Å². The standard InChI is InChI=1S/C17H12F3NO3/c18-17(19,20)12-4-1-11(2-5-12)3-8-16(22)21-13-6-7-14-15(9-13)24-10-23-14/h1-9H,10H2,(H,21,22). The number of anilines is 1. The Hall–Kier alpha value is -2.96. The molecule has 1 heterocycles. The van der Waals surface area contributed by atoms with Gasteiger partial charge < -0.3 is 14.8 Å². The molecule has 7 heteroatoms. The molecule has 3 rings (SSSR count). The van der Waals surface area contributed by atoms with Gasteiger partial charge in [-0.3, -0.25) is 4.79 Å². The molecular formula is C17H12F3NO3. The van der Waals surface area contributed by atoms with Crippen molar-refractivity contribution < 1.29 is 27.4 Å². The first-order valence-electron chi connectivity index (χ1n) is 6.98. The third kappa shape index (κ3) is 3.68. The number of rotatable bonds is 3. The van der Waals surface area contributed by atoms with E-state index >= 15 is 0 Å². The normalized spacial score (nSPS) is 13.3. The molecule has 1 aliphatic heterocycles. The second-order valence-corrected chi connectivity index (χ2v) is 5.01. The Bertz CT molecular complexity index is 783. The van der Waals surface area contributed by atoms with Crippen LogP contribution in [0.15, 0.2) is 48.5 Å². The summed E-state index contributed by atoms with van der Waals surface area (Å²) in [6.07, 6.45) is -1.70. The molecule has 24 heavy (non-hydrogen) atoms. The van der Waals surface area contributed by atoms with E-state index in [2.05, 4.69) is 5.32 Å². The van der Waals surface area contributed by atoms with Gasteiger partial charge in [-0.2, -0.15) is 13.2 Å². The van der Waals surface area contributed by atoms with Gasteiger partial charge in [-0.1, -0.05) is 12.1 Å². The average Bonchev–Trinajstić information content (AvgIpc) is 3.00. The fraction of sp³-hybridized carbons (Fsp3) is 0.118. The summed E-state index contributed by atoms with van der Waals surface area (Å²) >= 11 is 0. The first-order chi connectivity index (χ1) is 11.4. The Morgan fingerprint density at radius 1 is 1.04 bits per heavy atom. The Balaban J connectivity index is 1.63. The first kappa shape index (κ1) is 15.9. The van der Waals surface area contributed by atoms with Gasteiger partial charge in [-0.25, -0.2) is 0 Å². The summed E-state index contributed by atoms with van der Waals surface area (Å²) in [6, 6.07) is 9.51. The quantitative estimate of drug-likeness (QED) is 0.860. The van der Waals surface area contributed by atoms with E-state index in [1.165, 1.54) is 24.3 Å². The van der Waals surface area contributed by atoms with Crippen LogP contribution in [0.3, 0.4) is 0 Å². The van der Waals surface area contributed by atoms with Crippen LogP contribution in [0.5, 0.6) is 11.5 Å². The van der Waals surface area contributed by atoms with E-state index in [1.54, 1.807) is 18.2 Å². The van der Waals surface area contributed by atoms with Crippen molar-refractivity contribution in [1.29, 1.82) is 0 Å². The number of amides is 1. The van der Waals surface area contributed by atoms with E-state index in [0.717, 1.165) is 12.1 Å². The van der Waals surface area contributed by atoms with Gasteiger partial charge in [-0.15, -0.1) is 0 Å². The summed E-state index contributed by atoms with van der Waals surface area (Å²) in [5, 5.41) is 2.64. The van der Waals surface area contributed by atoms with Gasteiger partial charge in [0.1, 0.15) is 0 Å². The number of carbonyl (C=O) groups is 1. The molecule has 0 radical (unpaired) electrons. The Morgan fingerprint density at radius 3 is 2.46 bits per heavy atom. The van der Waals surface area contributed by atoms with Gasteiger partial charge in [0.05, 0.1) is 5.56 Å². The van der Waals surface area contributed by atoms with Gasteiger partial charge in [0.25, 0.3) is 0 Å². The summed E-state index contributed by atoms with van der Waals surface area (Å²) < 4.78 is 47.8. The molecule has 0 atom stereocenters. The molecule has 0 bridgehead atoms. The number of carbonyl (C=O) groups excluding carboxylic acids is 1. The number of hydrogen-bond donors (Lipinski definition) is 1. The Kier molecular flexibility index (Phi) is 4.16. The monoisotopic (exact) mass is 335 g/mol. The van der Waals surface area contributed by atoms with E-state index in [0.29, 0.717) is 22.7 Å². The maximum atomic E-state index is 12.5. The van der Waals surface area contributed by atoms with Crippen molar-refractivity contribution in [2.45, 2.75) is 6.18 Å². The molecule has 2 aromatic carbocycles. The summed E-state index contributed by atoms with van der Waals surface area (Å²) in [7, 11) is 0. The van der Waals surface area contributed by atoms with Crippen molar-refractivity contribution in [3.8, 4) is 11.5 Å². The smallest absolute Gasteiger partial charge is 0.416 e. The number of halogens is 3. The lowest BCUT2D eigenvalue weighted by atomic mass is 10.1. The Morgan fingerprint density at radius 2 is 1.75 bits per heavy atom. The van der Waals surface area contributed by atoms with Crippen molar-refractivity contribution in [1.82, 2.24) is 0 Å². The molecule has 0 spiro atoms. The number of alkyl halides is 3. The topological polar surface area (TPSA) is 47.6 Å². The lowest BCUT2D eigenvalue weighted by Gasteiger charge is -2.06. The molecule has 0 saturated heterocycles. The van der Waals surface area contributed by atoms with Crippen LogP contribution in [0.2, 0.25) is 0 Å². The SMILES string of the molecule is O=C(C=Cc1ccc(C(F)(F)F)cc1)Nc1ccc2c(c1)OCO2. The average molecular weight is 335 g/mol. The number of fused-ring (bicyclic) bond motifs is 1. The zero-order valence-corrected chi connectivity index (χ0v) is 12.3. The molecule has 0 fully saturated rings. The zero-order chi connectivity index (χ0) is 17.2. The third-order valence-electron chi connectivity index (χ3n) is 3.31. The number of benzene rings is 2. The van der Waals surface area contributed by atoms with Crippen molar-refractivity contribution in [2.24, 2.45) is 0 Å². The maximum Gasteiger partial charge on any atom is 0.416 e. The van der Waals surface area contributed by atoms with Gasteiger partial charge >= 0.3 is 6.18 Å². The van der Waals surface area contributed by atoms with E-state index in [1.807, 2.05) is 0 Å². The summed E-state index contributed by atoms with van der Waals surface area (Å²) in [5.74, 6) is 0.738. The van der Waals surface area contributed by atoms with Crippen LogP contribution in [-0.4, -0.2) is 12.7 Å². The minimum Gasteiger partial charge on any atom is -0.454 e. The molecule has 0 aliphatic carbocycles. The molecule has 2 aromatic rings. The number of ether oxygens (including phenoxy) is 2. The fourth-order valence-corrected chi connectivity index (χ4v) is 2.11. The lowest BCUT2D eigenvalue weighted by molar-refractivity contribution is -0.137. The fourth-order valence-electron chi connectivity index (χ4n) is 2.11. The minimum absolute atomic E-state index is 0.139. The van der Waals surface area contributed by atoms with Crippen LogP contribution in [0, 0.1) is 0 Å². The van der Waals surface area contributed by atoms with Gasteiger partial charge in [0.2, 0.25) is 12.7 Å². The summed E-state index contributed by atoms with van der Waals surface area (Å²) in [4.78, 5) is 11.9. The van der Waals surface area contributed by atoms with E-state index in [4.69, 9.17) is 9.47 Å². The highest BCUT2D eigenvalue weighted by Gasteiger charge is 2.29. The second kappa shape index (κ2) is 6.27. The molecular weight excluding hydrogens is 323 g/mol. The highest BCUT2D eigenvalue weighted by molar-refractivity contribution is 6.02. The van der Waals surface area contributed by atoms with Crippen molar-refractivity contribution in [3.63, 3.8) is 0 Å². The highest BCUT2D eigenvalue weighted by Crippen LogP contribution is 2.34. The Labute approximate surface area is 135 Å². The minimum atomic E-state index is -4.38. The van der Waals surface area contributed by atoms with Gasteiger partial charge in [0.15, 0.2) is 11.5 Å². The molecule has 124 valence electrons. The van der Waals surface area contributed by atoms with Crippen molar-refractivity contribution in [2.75, 3.05) is 12.1 Å². The molecule has 1 aliphatic rings. The van der Waals surface area contributed by atoms with Gasteiger partial charge in [0, 0.05) is 17.8 Å². The van der Waals surface area contributed by atoms with Crippen LogP contribution in [-0.2, 0) is 11.0 Å². The predicted molar refractivity (Wildman–Crippen MR) is 81.7 cm³/mol. The second-order valence-electron chi connectivity index (χ2n) is 5.01. The molecule has 1 amide bonds. The zero-order valence-electron chi connectivity index (χ0n) is 12.3. The highest BCUT2D eigenvalue weighted by atomic mass is 19.4. The van der Waals surface area contributed by atoms with Crippen molar-refractivity contribution >= 4 is 17.7 Å². The first-order valence-corrected chi connectivity index (χ1v) is 6.98. The molecule has 4 nitrogen and oxygen atoms in total. The van der Waals surface area contributed by atoms with Crippen LogP contribution in [0.1, 0.15) is 11.1 Å². The largest absolute Gasteiger partial charge is 0.454 e. The maximum absolute atomic E-state index is 12.5. The summed E-state index contributed by atoms with van der Waals surface area (Å²) in [5.41, 5.74) is 0.287. The predicted octanol–water partition coefficient (Wildman–Crippen LogP) is 4.09. The number of nitrogens with one attached hydrogen (secondary N) is 1. The molecule has 0 saturated carbocycles. The van der Waals surface area contributed by atoms with Gasteiger partial charge in [-0.05, 0) is 35.9 Å². The van der Waals surface area contributed by atoms with E-state index in [9.17, 15) is 18.0 Å². The van der Waals surface area contributed by atoms with Crippen molar-refractivity contribution in [3.05, 3.63) is 59.7 Å². The van der Waals surface area contributed by atoms with Crippen LogP contribution >= 0.6 is 0 Å². The molecule has 0 unspecified atom stereocenters. The lowest BCUT2D eigenvalue weighted by Crippen LogP contribution is -2.07. The van der Waals surface area contributed by atoms with E-state index < -0.39 is 17.6 Å². The van der Waals surface area contributed by atoms with Crippen LogP contribution in [0.4, 0.5) is 18.9 Å². The summed E-state index contributed by atoms with van der Waals surface area (Å²) in [6.45, 7) is 0.139. The third-order valence-corrected chi connectivity index (χ3v) is 3.31. The number of hydrogen-bond acceptors (Lipinski definition) is 3. The van der Waals surface area contributed by atoms with E-state index in [-0.39, 0.29) is 6.79 Å². The van der Waals surface area contributed by atoms with Crippen LogP contribution < -0.4 is 14.8 Å². The molecule has 1 N–H and O–H groups in total. The molecule has 0 aromatic heterocycles.